The Labute approximate surface area is 116 Å². The highest BCUT2D eigenvalue weighted by Gasteiger charge is 2.24. The van der Waals surface area contributed by atoms with E-state index in [9.17, 15) is 13.2 Å². The molecule has 0 amide bonds. The third kappa shape index (κ3) is 3.68. The Bertz CT molecular complexity index is 592. The summed E-state index contributed by atoms with van der Waals surface area (Å²) in [6.07, 6.45) is 2.15. The second-order valence-corrected chi connectivity index (χ2v) is 6.84. The lowest BCUT2D eigenvalue weighted by atomic mass is 10.2. The summed E-state index contributed by atoms with van der Waals surface area (Å²) in [6.45, 7) is 0.429. The highest BCUT2D eigenvalue weighted by Crippen LogP contribution is 2.29. The number of aromatic carboxylic acids is 1. The minimum Gasteiger partial charge on any atom is -0.478 e. The smallest absolute Gasteiger partial charge is 0.337 e. The average Bonchev–Trinajstić information content (AvgIpc) is 3.12. The Kier molecular flexibility index (Phi) is 4.13. The number of rotatable bonds is 6. The average molecular weight is 305 g/mol. The molecule has 0 saturated heterocycles. The van der Waals surface area contributed by atoms with Crippen LogP contribution >= 0.6 is 11.6 Å². The van der Waals surface area contributed by atoms with Gasteiger partial charge in [0, 0.05) is 0 Å². The van der Waals surface area contributed by atoms with Crippen molar-refractivity contribution in [2.24, 2.45) is 5.92 Å². The first-order chi connectivity index (χ1) is 8.90. The molecule has 0 heterocycles. The third-order valence-electron chi connectivity index (χ3n) is 2.82. The van der Waals surface area contributed by atoms with Crippen LogP contribution in [0.25, 0.3) is 0 Å². The van der Waals surface area contributed by atoms with Crippen LogP contribution in [0.5, 0.6) is 0 Å². The zero-order valence-electron chi connectivity index (χ0n) is 10.0. The number of carboxylic acid groups (broad SMARTS) is 1. The van der Waals surface area contributed by atoms with Crippen LogP contribution in [0.2, 0.25) is 5.02 Å². The quantitative estimate of drug-likeness (QED) is 0.871. The molecule has 0 spiro atoms. The monoisotopic (exact) mass is 304 g/mol. The van der Waals surface area contributed by atoms with Crippen LogP contribution in [0.1, 0.15) is 23.2 Å². The Balaban J connectivity index is 2.14. The number of hydrogen-bond acceptors (Lipinski definition) is 4. The van der Waals surface area contributed by atoms with Gasteiger partial charge in [0.15, 0.2) is 5.94 Å². The molecule has 1 aromatic carbocycles. The van der Waals surface area contributed by atoms with E-state index >= 15 is 0 Å². The largest absolute Gasteiger partial charge is 0.478 e. The number of benzene rings is 1. The van der Waals surface area contributed by atoms with Gasteiger partial charge in [-0.05, 0) is 37.0 Å². The van der Waals surface area contributed by atoms with E-state index in [2.05, 4.69) is 0 Å². The van der Waals surface area contributed by atoms with Gasteiger partial charge >= 0.3 is 5.97 Å². The topological polar surface area (TPSA) is 80.7 Å². The van der Waals surface area contributed by atoms with E-state index in [0.29, 0.717) is 12.5 Å². The van der Waals surface area contributed by atoms with Crippen LogP contribution in [0.4, 0.5) is 0 Å². The highest BCUT2D eigenvalue weighted by atomic mass is 35.5. The Hall–Kier alpha value is -1.11. The summed E-state index contributed by atoms with van der Waals surface area (Å²) in [5.41, 5.74) is -0.232. The van der Waals surface area contributed by atoms with Gasteiger partial charge in [-0.2, -0.15) is 0 Å². The third-order valence-corrected chi connectivity index (χ3v) is 4.60. The van der Waals surface area contributed by atoms with Crippen LogP contribution in [0, 0.1) is 5.92 Å². The van der Waals surface area contributed by atoms with E-state index in [0.717, 1.165) is 18.9 Å². The van der Waals surface area contributed by atoms with Crippen molar-refractivity contribution in [3.8, 4) is 0 Å². The maximum absolute atomic E-state index is 12.0. The SMILES string of the molecule is O=C(O)c1cc(S(=O)(=O)COCC2CC2)ccc1Cl. The van der Waals surface area contributed by atoms with Crippen molar-refractivity contribution in [2.75, 3.05) is 12.5 Å². The summed E-state index contributed by atoms with van der Waals surface area (Å²) in [7, 11) is -3.65. The van der Waals surface area contributed by atoms with Gasteiger partial charge in [0.25, 0.3) is 0 Å². The van der Waals surface area contributed by atoms with Gasteiger partial charge in [-0.3, -0.25) is 0 Å². The fraction of sp³-hybridized carbons (Fsp3) is 0.417. The molecule has 1 aliphatic carbocycles. The Morgan fingerprint density at radius 1 is 1.42 bits per heavy atom. The second-order valence-electron chi connectivity index (χ2n) is 4.49. The van der Waals surface area contributed by atoms with Gasteiger partial charge in [-0.15, -0.1) is 0 Å². The zero-order chi connectivity index (χ0) is 14.0. The summed E-state index contributed by atoms with van der Waals surface area (Å²) in [4.78, 5) is 10.8. The van der Waals surface area contributed by atoms with E-state index in [1.54, 1.807) is 0 Å². The van der Waals surface area contributed by atoms with E-state index in [1.807, 2.05) is 0 Å². The lowest BCUT2D eigenvalue weighted by Crippen LogP contribution is -2.12. The molecule has 0 atom stereocenters. The fourth-order valence-corrected chi connectivity index (χ4v) is 2.76. The molecule has 0 aliphatic heterocycles. The van der Waals surface area contributed by atoms with E-state index < -0.39 is 21.7 Å². The molecule has 2 rings (SSSR count). The van der Waals surface area contributed by atoms with Gasteiger partial charge in [0.2, 0.25) is 9.84 Å². The first-order valence-electron chi connectivity index (χ1n) is 5.73. The number of halogens is 1. The first-order valence-corrected chi connectivity index (χ1v) is 7.76. The molecule has 0 radical (unpaired) electrons. The lowest BCUT2D eigenvalue weighted by molar-refractivity contribution is 0.0697. The number of ether oxygens (including phenoxy) is 1. The van der Waals surface area contributed by atoms with Crippen LogP contribution in [-0.2, 0) is 14.6 Å². The molecule has 7 heteroatoms. The normalized spacial score (nSPS) is 15.4. The summed E-state index contributed by atoms with van der Waals surface area (Å²) in [5, 5.41) is 8.91. The van der Waals surface area contributed by atoms with Gasteiger partial charge in [-0.1, -0.05) is 11.6 Å². The Morgan fingerprint density at radius 3 is 2.68 bits per heavy atom. The van der Waals surface area contributed by atoms with Crippen LogP contribution in [-0.4, -0.2) is 32.0 Å². The molecule has 0 bridgehead atoms. The van der Waals surface area contributed by atoms with Gasteiger partial charge in [0.05, 0.1) is 22.1 Å². The molecule has 0 unspecified atom stereocenters. The maximum Gasteiger partial charge on any atom is 0.337 e. The minimum absolute atomic E-state index is 0.00495. The van der Waals surface area contributed by atoms with E-state index in [4.69, 9.17) is 21.4 Å². The van der Waals surface area contributed by atoms with Gasteiger partial charge in [0.1, 0.15) is 0 Å². The van der Waals surface area contributed by atoms with E-state index in [1.165, 1.54) is 12.1 Å². The van der Waals surface area contributed by atoms with Crippen molar-refractivity contribution in [1.29, 1.82) is 0 Å². The van der Waals surface area contributed by atoms with E-state index in [-0.39, 0.29) is 15.5 Å². The molecule has 1 aliphatic rings. The molecular formula is C12H13ClO5S. The molecular weight excluding hydrogens is 292 g/mol. The predicted molar refractivity (Wildman–Crippen MR) is 69.1 cm³/mol. The Morgan fingerprint density at radius 2 is 2.11 bits per heavy atom. The van der Waals surface area contributed by atoms with Crippen molar-refractivity contribution in [1.82, 2.24) is 0 Å². The first kappa shape index (κ1) is 14.3. The van der Waals surface area contributed by atoms with Crippen molar-refractivity contribution < 1.29 is 23.1 Å². The van der Waals surface area contributed by atoms with Gasteiger partial charge < -0.3 is 9.84 Å². The molecule has 1 fully saturated rings. The molecule has 1 N–H and O–H groups in total. The summed E-state index contributed by atoms with van der Waals surface area (Å²) in [5.74, 6) is -1.24. The molecule has 5 nitrogen and oxygen atoms in total. The van der Waals surface area contributed by atoms with Crippen LogP contribution in [0.15, 0.2) is 23.1 Å². The minimum atomic E-state index is -3.65. The fourth-order valence-electron chi connectivity index (χ4n) is 1.54. The van der Waals surface area contributed by atoms with Crippen molar-refractivity contribution in [3.05, 3.63) is 28.8 Å². The summed E-state index contributed by atoms with van der Waals surface area (Å²) < 4.78 is 29.1. The van der Waals surface area contributed by atoms with Crippen LogP contribution in [0.3, 0.4) is 0 Å². The molecule has 1 aromatic rings. The number of carboxylic acids is 1. The number of carbonyl (C=O) groups is 1. The highest BCUT2D eigenvalue weighted by molar-refractivity contribution is 7.91. The number of hydrogen-bond donors (Lipinski definition) is 1. The maximum atomic E-state index is 12.0. The number of sulfone groups is 1. The molecule has 104 valence electrons. The van der Waals surface area contributed by atoms with Crippen molar-refractivity contribution in [2.45, 2.75) is 17.7 Å². The molecule has 0 aromatic heterocycles. The standard InChI is InChI=1S/C12H13ClO5S/c13-11-4-3-9(5-10(11)12(14)15)19(16,17)7-18-6-8-1-2-8/h3-5,8H,1-2,6-7H2,(H,14,15). The second kappa shape index (κ2) is 5.48. The molecule has 1 saturated carbocycles. The summed E-state index contributed by atoms with van der Waals surface area (Å²) in [6, 6.07) is 3.60. The zero-order valence-corrected chi connectivity index (χ0v) is 11.6. The predicted octanol–water partition coefficient (Wildman–Crippen LogP) is 2.20. The van der Waals surface area contributed by atoms with Crippen LogP contribution < -0.4 is 0 Å². The van der Waals surface area contributed by atoms with Crippen molar-refractivity contribution >= 4 is 27.4 Å². The van der Waals surface area contributed by atoms with Gasteiger partial charge in [-0.25, -0.2) is 13.2 Å². The molecule has 19 heavy (non-hydrogen) atoms. The van der Waals surface area contributed by atoms with Crippen molar-refractivity contribution in [3.63, 3.8) is 0 Å². The lowest BCUT2D eigenvalue weighted by Gasteiger charge is -2.07. The summed E-state index contributed by atoms with van der Waals surface area (Å²) >= 11 is 5.69.